The third-order valence-electron chi connectivity index (χ3n) is 13.7. The summed E-state index contributed by atoms with van der Waals surface area (Å²) in [6.07, 6.45) is 0.626. The molecule has 0 spiro atoms. The van der Waals surface area contributed by atoms with Crippen LogP contribution in [0.3, 0.4) is 0 Å². The van der Waals surface area contributed by atoms with Crippen molar-refractivity contribution < 1.29 is 73.6 Å². The zero-order valence-electron chi connectivity index (χ0n) is 27.0. The number of alkyl carbamates (subject to hydrolysis) is 1. The molecule has 4 aliphatic rings. The Kier molecular flexibility index (Phi) is 10.1. The molecule has 1 radical (unpaired) electrons. The fourth-order valence-electron chi connectivity index (χ4n) is 10.3. The predicted octanol–water partition coefficient (Wildman–Crippen LogP) is 6.31. The molecule has 0 aromatic rings. The molecule has 13 atom stereocenters. The van der Waals surface area contributed by atoms with Crippen LogP contribution in [-0.4, -0.2) is 54.0 Å². The van der Waals surface area contributed by atoms with E-state index >= 15 is 0 Å². The molecule has 227 valence electrons. The van der Waals surface area contributed by atoms with Gasteiger partial charge in [-0.25, -0.2) is 9.68 Å². The zero-order chi connectivity index (χ0) is 29.5. The fraction of sp³-hybridized carbons (Fsp3) is 0.906. The van der Waals surface area contributed by atoms with Gasteiger partial charge in [0, 0.05) is 67.9 Å². The van der Waals surface area contributed by atoms with Gasteiger partial charge >= 0.3 is 6.09 Å². The number of carbonyl (C=O) groups is 1. The SMILES string of the molecule is COC(=O)NC(C)C(C)[C@H](OO)C1CC2(C)C(C)C3[C@]4(O)COC4CC(C)[C@@]3(C)C(C)C(C)C(=C1C)C2(C)C.[Ac]. The number of aliphatic hydroxyl groups is 1. The Morgan fingerprint density at radius 1 is 1.10 bits per heavy atom. The molecule has 1 heterocycles. The van der Waals surface area contributed by atoms with Crippen LogP contribution in [0.4, 0.5) is 4.79 Å². The van der Waals surface area contributed by atoms with E-state index in [0.29, 0.717) is 18.4 Å². The summed E-state index contributed by atoms with van der Waals surface area (Å²) >= 11 is 0. The van der Waals surface area contributed by atoms with Crippen molar-refractivity contribution in [2.45, 2.75) is 113 Å². The van der Waals surface area contributed by atoms with Crippen molar-refractivity contribution in [2.75, 3.05) is 13.7 Å². The van der Waals surface area contributed by atoms with Crippen LogP contribution in [0.15, 0.2) is 11.1 Å². The molecular weight excluding hydrogens is 721 g/mol. The molecule has 3 N–H and O–H groups in total. The maximum atomic E-state index is 12.3. The monoisotopic (exact) mass is 776 g/mol. The van der Waals surface area contributed by atoms with Crippen LogP contribution in [-0.2, 0) is 14.4 Å². The van der Waals surface area contributed by atoms with Gasteiger partial charge < -0.3 is 19.9 Å². The molecule has 1 saturated heterocycles. The largest absolute Gasteiger partial charge is 0.453 e. The number of ether oxygens (including phenoxy) is 2. The number of methoxy groups -OCH3 is 1. The van der Waals surface area contributed by atoms with Crippen LogP contribution >= 0.6 is 0 Å². The van der Waals surface area contributed by atoms with Gasteiger partial charge in [-0.05, 0) is 66.6 Å². The average molecular weight is 777 g/mol. The van der Waals surface area contributed by atoms with Crippen LogP contribution in [0.2, 0.25) is 0 Å². The van der Waals surface area contributed by atoms with Gasteiger partial charge in [-0.3, -0.25) is 5.26 Å². The fourth-order valence-corrected chi connectivity index (χ4v) is 10.3. The zero-order valence-corrected chi connectivity index (χ0v) is 31.7. The van der Waals surface area contributed by atoms with E-state index in [4.69, 9.17) is 14.4 Å². The van der Waals surface area contributed by atoms with Gasteiger partial charge in [-0.15, -0.1) is 0 Å². The van der Waals surface area contributed by atoms with Crippen LogP contribution in [0, 0.1) is 102 Å². The van der Waals surface area contributed by atoms with Crippen molar-refractivity contribution >= 4 is 6.09 Å². The molecule has 7 nitrogen and oxygen atoms in total. The summed E-state index contributed by atoms with van der Waals surface area (Å²) in [6.45, 7) is 25.8. The minimum absolute atomic E-state index is 0. The molecule has 3 fully saturated rings. The molecule has 2 saturated carbocycles. The summed E-state index contributed by atoms with van der Waals surface area (Å²) in [7, 11) is 1.36. The van der Waals surface area contributed by atoms with E-state index in [1.165, 1.54) is 18.3 Å². The first-order valence-electron chi connectivity index (χ1n) is 15.1. The van der Waals surface area contributed by atoms with Gasteiger partial charge in [0.2, 0.25) is 0 Å². The summed E-state index contributed by atoms with van der Waals surface area (Å²) in [5.74, 6) is 1.12. The number of carbonyl (C=O) groups excluding carboxylic acids is 1. The van der Waals surface area contributed by atoms with E-state index in [2.05, 4.69) is 67.6 Å². The minimum atomic E-state index is -0.823. The summed E-state index contributed by atoms with van der Waals surface area (Å²) < 4.78 is 10.8. The van der Waals surface area contributed by atoms with Crippen molar-refractivity contribution in [1.29, 1.82) is 0 Å². The molecule has 4 rings (SSSR count). The van der Waals surface area contributed by atoms with Gasteiger partial charge in [0.1, 0.15) is 11.7 Å². The standard InChI is InChI=1S/C32H55NO6.Ac/c1-16-13-24-32(35,15-38-24)27-21(6)30(10)14-23(26(39-36)18(3)22(7)33-28(34)37-12)19(4)25(29(30,8)9)17(2)20(5)31(16,27)11;/h16-18,20-24,26-27,35-36H,13-15H2,1-12H3,(H,33,34);/t16?,17?,18?,20?,21?,22?,23?,24?,26-,27?,30?,31-,32-;/m0./s1. The Morgan fingerprint density at radius 3 is 2.20 bits per heavy atom. The molecule has 2 bridgehead atoms. The molecule has 40 heavy (non-hydrogen) atoms. The molecule has 0 aromatic carbocycles. The maximum Gasteiger partial charge on any atom is 0.407 e. The summed E-state index contributed by atoms with van der Waals surface area (Å²) in [4.78, 5) is 17.3. The van der Waals surface area contributed by atoms with Crippen molar-refractivity contribution in [1.82, 2.24) is 5.32 Å². The Labute approximate surface area is 278 Å². The molecule has 8 heteroatoms. The third-order valence-corrected chi connectivity index (χ3v) is 13.7. The number of rotatable bonds is 5. The second kappa shape index (κ2) is 11.7. The first kappa shape index (κ1) is 34.8. The molecular formula is C32H55AcNO6. The molecule has 1 amide bonds. The number of fused-ring (bicyclic) bond motifs is 5. The van der Waals surface area contributed by atoms with Crippen molar-refractivity contribution in [3.05, 3.63) is 11.1 Å². The van der Waals surface area contributed by atoms with Gasteiger partial charge in [0.15, 0.2) is 0 Å². The number of nitrogens with one attached hydrogen (secondary N) is 1. The van der Waals surface area contributed by atoms with Crippen LogP contribution in [0.1, 0.15) is 89.0 Å². The topological polar surface area (TPSA) is 97.3 Å². The van der Waals surface area contributed by atoms with Crippen molar-refractivity contribution in [3.63, 3.8) is 0 Å². The molecule has 0 aromatic heterocycles. The minimum Gasteiger partial charge on any atom is -0.453 e. The predicted molar refractivity (Wildman–Crippen MR) is 152 cm³/mol. The summed E-state index contributed by atoms with van der Waals surface area (Å²) in [6, 6.07) is -0.259. The van der Waals surface area contributed by atoms with Gasteiger partial charge in [-0.1, -0.05) is 73.5 Å². The van der Waals surface area contributed by atoms with E-state index in [-0.39, 0.29) is 102 Å². The Bertz CT molecular complexity index is 1000. The molecule has 1 aliphatic heterocycles. The molecule has 3 aliphatic carbocycles. The van der Waals surface area contributed by atoms with E-state index in [9.17, 15) is 15.2 Å². The summed E-state index contributed by atoms with van der Waals surface area (Å²) in [5, 5.41) is 25.5. The molecule has 10 unspecified atom stereocenters. The van der Waals surface area contributed by atoms with Crippen LogP contribution in [0.5, 0.6) is 0 Å². The van der Waals surface area contributed by atoms with E-state index in [1.807, 2.05) is 13.8 Å². The van der Waals surface area contributed by atoms with Gasteiger partial charge in [-0.2, -0.15) is 0 Å². The third kappa shape index (κ3) is 4.71. The number of amides is 1. The first-order chi connectivity index (χ1) is 17.9. The number of allylic oxidation sites excluding steroid dienone is 1. The van der Waals surface area contributed by atoms with Gasteiger partial charge in [0.05, 0.1) is 19.8 Å². The second-order valence-corrected chi connectivity index (χ2v) is 14.9. The summed E-state index contributed by atoms with van der Waals surface area (Å²) in [5.41, 5.74) is 1.58. The Morgan fingerprint density at radius 2 is 1.70 bits per heavy atom. The Balaban J connectivity index is 0.00000441. The smallest absolute Gasteiger partial charge is 0.407 e. The second-order valence-electron chi connectivity index (χ2n) is 14.9. The maximum absolute atomic E-state index is 12.3. The Hall–Kier alpha value is 0.292. The normalized spacial score (nSPS) is 46.2. The van der Waals surface area contributed by atoms with E-state index in [0.717, 1.165) is 12.8 Å². The average Bonchev–Trinajstić information content (AvgIpc) is 2.87. The first-order valence-corrected chi connectivity index (χ1v) is 15.1. The van der Waals surface area contributed by atoms with Crippen LogP contribution < -0.4 is 5.32 Å². The van der Waals surface area contributed by atoms with Crippen molar-refractivity contribution in [2.24, 2.45) is 57.7 Å². The quantitative estimate of drug-likeness (QED) is 0.172. The van der Waals surface area contributed by atoms with E-state index < -0.39 is 17.8 Å². The van der Waals surface area contributed by atoms with Gasteiger partial charge in [0.25, 0.3) is 0 Å². The number of hydrogen-bond donors (Lipinski definition) is 3. The van der Waals surface area contributed by atoms with Crippen molar-refractivity contribution in [3.8, 4) is 0 Å². The number of hydrogen-bond acceptors (Lipinski definition) is 6. The van der Waals surface area contributed by atoms with Crippen LogP contribution in [0.25, 0.3) is 0 Å². The van der Waals surface area contributed by atoms with E-state index in [1.54, 1.807) is 0 Å².